The third-order valence-electron chi connectivity index (χ3n) is 5.88. The number of aromatic nitrogens is 3. The number of fused-ring (bicyclic) bond motifs is 3. The number of ether oxygens (including phenoxy) is 1. The lowest BCUT2D eigenvalue weighted by atomic mass is 10.2. The van der Waals surface area contributed by atoms with Crippen molar-refractivity contribution in [2.75, 3.05) is 17.7 Å². The molecule has 3 aromatic carbocycles. The average molecular weight is 513 g/mol. The van der Waals surface area contributed by atoms with Crippen LogP contribution in [0.1, 0.15) is 22.8 Å². The number of H-pyrrole nitrogens is 1. The van der Waals surface area contributed by atoms with Gasteiger partial charge in [-0.05, 0) is 43.7 Å². The van der Waals surface area contributed by atoms with Crippen molar-refractivity contribution in [2.45, 2.75) is 19.0 Å². The molecule has 37 heavy (non-hydrogen) atoms. The van der Waals surface area contributed by atoms with Gasteiger partial charge in [-0.3, -0.25) is 14.2 Å². The average Bonchev–Trinajstić information content (AvgIpc) is 3.28. The van der Waals surface area contributed by atoms with Crippen molar-refractivity contribution >= 4 is 51.3 Å². The van der Waals surface area contributed by atoms with Gasteiger partial charge in [-0.2, -0.15) is 0 Å². The second-order valence-corrected chi connectivity index (χ2v) is 9.26. The highest BCUT2D eigenvalue weighted by Crippen LogP contribution is 2.27. The Labute approximate surface area is 216 Å². The van der Waals surface area contributed by atoms with E-state index in [-0.39, 0.29) is 29.4 Å². The number of carbonyl (C=O) groups excluding carboxylic acids is 2. The van der Waals surface area contributed by atoms with Gasteiger partial charge in [0, 0.05) is 10.9 Å². The first-order chi connectivity index (χ1) is 18.0. The number of amides is 1. The number of aryl methyl sites for hydroxylation is 1. The second-order valence-electron chi connectivity index (χ2n) is 8.32. The second kappa shape index (κ2) is 10.3. The minimum Gasteiger partial charge on any atom is -0.462 e. The summed E-state index contributed by atoms with van der Waals surface area (Å²) in [7, 11) is 0. The molecule has 0 fully saturated rings. The molecule has 1 amide bonds. The van der Waals surface area contributed by atoms with E-state index in [9.17, 15) is 14.4 Å². The molecule has 0 atom stereocenters. The standard InChI is InChI=1S/C28H24N4O4S/c1-3-36-27(35)19-12-6-8-14-21(19)29-23(33)16-37-28-31-24-18-11-5-7-13-20(18)30-25(24)26(34)32(28)22-15-9-4-10-17(22)2/h4-15,30H,3,16H2,1-2H3,(H,29,33). The number of aromatic amines is 1. The first-order valence-electron chi connectivity index (χ1n) is 11.8. The van der Waals surface area contributed by atoms with E-state index in [1.165, 1.54) is 4.57 Å². The monoisotopic (exact) mass is 512 g/mol. The summed E-state index contributed by atoms with van der Waals surface area (Å²) in [6.07, 6.45) is 0. The highest BCUT2D eigenvalue weighted by molar-refractivity contribution is 7.99. The molecule has 2 heterocycles. The first kappa shape index (κ1) is 24.3. The van der Waals surface area contributed by atoms with Gasteiger partial charge in [-0.15, -0.1) is 0 Å². The van der Waals surface area contributed by atoms with Crippen molar-refractivity contribution in [3.8, 4) is 5.69 Å². The maximum absolute atomic E-state index is 13.7. The Bertz CT molecular complexity index is 1710. The zero-order chi connectivity index (χ0) is 25.9. The summed E-state index contributed by atoms with van der Waals surface area (Å²) < 4.78 is 6.63. The van der Waals surface area contributed by atoms with Gasteiger partial charge < -0.3 is 15.0 Å². The Morgan fingerprint density at radius 1 is 1.03 bits per heavy atom. The van der Waals surface area contributed by atoms with Crippen LogP contribution in [-0.4, -0.2) is 38.8 Å². The molecule has 0 spiro atoms. The molecule has 0 aliphatic carbocycles. The SMILES string of the molecule is CCOC(=O)c1ccccc1NC(=O)CSc1nc2c([nH]c3ccccc32)c(=O)n1-c1ccccc1C. The molecule has 0 bridgehead atoms. The molecule has 5 aromatic rings. The molecule has 0 saturated carbocycles. The number of carbonyl (C=O) groups is 2. The third kappa shape index (κ3) is 4.73. The van der Waals surface area contributed by atoms with Gasteiger partial charge in [0.1, 0.15) is 11.0 Å². The van der Waals surface area contributed by atoms with Crippen molar-refractivity contribution in [3.63, 3.8) is 0 Å². The predicted octanol–water partition coefficient (Wildman–Crippen LogP) is 5.08. The van der Waals surface area contributed by atoms with Crippen molar-refractivity contribution in [1.82, 2.24) is 14.5 Å². The van der Waals surface area contributed by atoms with Gasteiger partial charge in [0.05, 0.1) is 29.3 Å². The molecule has 8 nitrogen and oxygen atoms in total. The van der Waals surface area contributed by atoms with Crippen molar-refractivity contribution in [1.29, 1.82) is 0 Å². The molecule has 0 saturated heterocycles. The van der Waals surface area contributed by atoms with Crippen LogP contribution in [0.15, 0.2) is 82.7 Å². The van der Waals surface area contributed by atoms with Crippen LogP contribution in [0.5, 0.6) is 0 Å². The van der Waals surface area contributed by atoms with Gasteiger partial charge >= 0.3 is 5.97 Å². The minimum absolute atomic E-state index is 0.0245. The van der Waals surface area contributed by atoms with Gasteiger partial charge in [0.15, 0.2) is 5.16 Å². The van der Waals surface area contributed by atoms with E-state index in [4.69, 9.17) is 9.72 Å². The number of nitrogens with one attached hydrogen (secondary N) is 2. The molecular weight excluding hydrogens is 488 g/mol. The van der Waals surface area contributed by atoms with Crippen molar-refractivity contribution in [3.05, 3.63) is 94.3 Å². The number of hydrogen-bond acceptors (Lipinski definition) is 6. The lowest BCUT2D eigenvalue weighted by Gasteiger charge is -2.14. The fraction of sp³-hybridized carbons (Fsp3) is 0.143. The third-order valence-corrected chi connectivity index (χ3v) is 6.82. The Balaban J connectivity index is 1.51. The minimum atomic E-state index is -0.508. The van der Waals surface area contributed by atoms with E-state index in [0.29, 0.717) is 27.6 Å². The van der Waals surface area contributed by atoms with E-state index in [0.717, 1.165) is 28.2 Å². The summed E-state index contributed by atoms with van der Waals surface area (Å²) in [5.41, 5.74) is 3.76. The topological polar surface area (TPSA) is 106 Å². The summed E-state index contributed by atoms with van der Waals surface area (Å²) in [6, 6.07) is 21.8. The summed E-state index contributed by atoms with van der Waals surface area (Å²) in [5.74, 6) is -0.874. The molecule has 0 radical (unpaired) electrons. The Morgan fingerprint density at radius 2 is 1.76 bits per heavy atom. The van der Waals surface area contributed by atoms with Gasteiger partial charge in [0.2, 0.25) is 5.91 Å². The Hall–Kier alpha value is -4.37. The summed E-state index contributed by atoms with van der Waals surface area (Å²) >= 11 is 1.15. The normalized spacial score (nSPS) is 11.1. The lowest BCUT2D eigenvalue weighted by molar-refractivity contribution is -0.113. The zero-order valence-corrected chi connectivity index (χ0v) is 21.1. The van der Waals surface area contributed by atoms with Crippen LogP contribution in [0, 0.1) is 6.92 Å². The number of anilines is 1. The van der Waals surface area contributed by atoms with E-state index < -0.39 is 5.97 Å². The molecule has 0 unspecified atom stereocenters. The maximum atomic E-state index is 13.7. The molecule has 0 aliphatic rings. The van der Waals surface area contributed by atoms with Crippen LogP contribution >= 0.6 is 11.8 Å². The van der Waals surface area contributed by atoms with Crippen LogP contribution < -0.4 is 10.9 Å². The van der Waals surface area contributed by atoms with Gasteiger partial charge in [0.25, 0.3) is 5.56 Å². The fourth-order valence-electron chi connectivity index (χ4n) is 4.16. The molecule has 2 N–H and O–H groups in total. The number of benzene rings is 3. The molecule has 9 heteroatoms. The number of nitrogens with zero attached hydrogens (tertiary/aromatic N) is 2. The summed E-state index contributed by atoms with van der Waals surface area (Å²) in [5, 5.41) is 4.01. The summed E-state index contributed by atoms with van der Waals surface area (Å²) in [4.78, 5) is 47.0. The number of esters is 1. The molecule has 186 valence electrons. The van der Waals surface area contributed by atoms with E-state index >= 15 is 0 Å². The number of thioether (sulfide) groups is 1. The highest BCUT2D eigenvalue weighted by atomic mass is 32.2. The predicted molar refractivity (Wildman–Crippen MR) is 146 cm³/mol. The quantitative estimate of drug-likeness (QED) is 0.179. The highest BCUT2D eigenvalue weighted by Gasteiger charge is 2.20. The smallest absolute Gasteiger partial charge is 0.340 e. The van der Waals surface area contributed by atoms with Crippen LogP contribution in [0.2, 0.25) is 0 Å². The summed E-state index contributed by atoms with van der Waals surface area (Å²) in [6.45, 7) is 3.88. The van der Waals surface area contributed by atoms with Crippen molar-refractivity contribution < 1.29 is 14.3 Å². The molecule has 2 aromatic heterocycles. The maximum Gasteiger partial charge on any atom is 0.340 e. The van der Waals surface area contributed by atoms with Crippen LogP contribution in [0.25, 0.3) is 27.6 Å². The van der Waals surface area contributed by atoms with Gasteiger partial charge in [-0.25, -0.2) is 9.78 Å². The number of hydrogen-bond donors (Lipinski definition) is 2. The Kier molecular flexibility index (Phi) is 6.78. The van der Waals surface area contributed by atoms with E-state index in [1.807, 2.05) is 55.5 Å². The fourth-order valence-corrected chi connectivity index (χ4v) is 4.96. The first-order valence-corrected chi connectivity index (χ1v) is 12.7. The van der Waals surface area contributed by atoms with E-state index in [2.05, 4.69) is 10.3 Å². The van der Waals surface area contributed by atoms with Crippen LogP contribution in [0.4, 0.5) is 5.69 Å². The van der Waals surface area contributed by atoms with E-state index in [1.54, 1.807) is 31.2 Å². The van der Waals surface area contributed by atoms with Crippen molar-refractivity contribution in [2.24, 2.45) is 0 Å². The lowest BCUT2D eigenvalue weighted by Crippen LogP contribution is -2.23. The largest absolute Gasteiger partial charge is 0.462 e. The van der Waals surface area contributed by atoms with Gasteiger partial charge in [-0.1, -0.05) is 60.3 Å². The number of para-hydroxylation sites is 3. The Morgan fingerprint density at radius 3 is 2.57 bits per heavy atom. The van der Waals surface area contributed by atoms with Crippen LogP contribution in [0.3, 0.4) is 0 Å². The molecule has 5 rings (SSSR count). The zero-order valence-electron chi connectivity index (χ0n) is 20.3. The molecule has 0 aliphatic heterocycles. The van der Waals surface area contributed by atoms with Crippen LogP contribution in [-0.2, 0) is 9.53 Å². The number of rotatable bonds is 7. The molecular formula is C28H24N4O4S.